The molecule has 1 saturated heterocycles. The molecule has 3 unspecified atom stereocenters. The van der Waals surface area contributed by atoms with Crippen LogP contribution < -0.4 is 5.32 Å². The number of likely N-dealkylation sites (tertiary alicyclic amines) is 1. The lowest BCUT2D eigenvalue weighted by Gasteiger charge is -2.21. The average molecular weight is 493 g/mol. The fourth-order valence-corrected chi connectivity index (χ4v) is 4.29. The molecule has 1 aromatic heterocycles. The maximum absolute atomic E-state index is 4.99. The van der Waals surface area contributed by atoms with Gasteiger partial charge in [-0.3, -0.25) is 9.67 Å². The fraction of sp³-hybridized carbons (Fsp3) is 0.545. The molecule has 5 nitrogen and oxygen atoms in total. The minimum atomic E-state index is 0. The van der Waals surface area contributed by atoms with Gasteiger partial charge in [0.2, 0.25) is 0 Å². The lowest BCUT2D eigenvalue weighted by molar-refractivity contribution is 0.459. The molecule has 0 bridgehead atoms. The number of benzene rings is 1. The van der Waals surface area contributed by atoms with E-state index in [1.54, 1.807) is 0 Å². The minimum absolute atomic E-state index is 0. The first kappa shape index (κ1) is 21.1. The van der Waals surface area contributed by atoms with Crippen LogP contribution >= 0.6 is 24.0 Å². The minimum Gasteiger partial charge on any atom is -0.357 e. The molecule has 2 fully saturated rings. The van der Waals surface area contributed by atoms with E-state index in [9.17, 15) is 0 Å². The Morgan fingerprint density at radius 2 is 2.11 bits per heavy atom. The molecule has 6 heteroatoms. The molecular formula is C22H32IN5. The van der Waals surface area contributed by atoms with E-state index in [1.165, 1.54) is 24.0 Å². The van der Waals surface area contributed by atoms with Crippen molar-refractivity contribution >= 4 is 29.9 Å². The molecule has 0 radical (unpaired) electrons. The molecule has 1 saturated carbocycles. The van der Waals surface area contributed by atoms with Gasteiger partial charge in [0.25, 0.3) is 0 Å². The summed E-state index contributed by atoms with van der Waals surface area (Å²) >= 11 is 0. The predicted molar refractivity (Wildman–Crippen MR) is 125 cm³/mol. The maximum atomic E-state index is 4.99. The number of guanidine groups is 1. The van der Waals surface area contributed by atoms with Gasteiger partial charge < -0.3 is 10.2 Å². The number of rotatable bonds is 6. The molecule has 1 aromatic carbocycles. The van der Waals surface area contributed by atoms with Gasteiger partial charge in [0.05, 0.1) is 6.20 Å². The molecule has 2 aliphatic rings. The Balaban J connectivity index is 0.00000225. The summed E-state index contributed by atoms with van der Waals surface area (Å²) in [6.45, 7) is 6.21. The summed E-state index contributed by atoms with van der Waals surface area (Å²) in [6.07, 6.45) is 7.76. The van der Waals surface area contributed by atoms with Gasteiger partial charge in [-0.25, -0.2) is 0 Å². The van der Waals surface area contributed by atoms with Crippen molar-refractivity contribution in [1.29, 1.82) is 0 Å². The van der Waals surface area contributed by atoms with E-state index in [2.05, 4.69) is 58.8 Å². The molecule has 1 N–H and O–H groups in total. The number of aromatic nitrogens is 2. The van der Waals surface area contributed by atoms with Gasteiger partial charge in [-0.2, -0.15) is 5.10 Å². The lowest BCUT2D eigenvalue weighted by Crippen LogP contribution is -2.40. The first-order valence-electron chi connectivity index (χ1n) is 10.3. The summed E-state index contributed by atoms with van der Waals surface area (Å²) < 4.78 is 1.90. The smallest absolute Gasteiger partial charge is 0.193 e. The van der Waals surface area contributed by atoms with Crippen LogP contribution in [0.2, 0.25) is 0 Å². The van der Waals surface area contributed by atoms with E-state index in [0.717, 1.165) is 38.6 Å². The number of nitrogens with zero attached hydrogens (tertiary/aromatic N) is 4. The molecule has 2 heterocycles. The van der Waals surface area contributed by atoms with E-state index < -0.39 is 0 Å². The second-order valence-electron chi connectivity index (χ2n) is 8.03. The zero-order valence-electron chi connectivity index (χ0n) is 16.9. The van der Waals surface area contributed by atoms with Crippen LogP contribution in [0.5, 0.6) is 0 Å². The largest absolute Gasteiger partial charge is 0.357 e. The second kappa shape index (κ2) is 9.76. The van der Waals surface area contributed by atoms with Crippen LogP contribution in [-0.2, 0) is 13.5 Å². The summed E-state index contributed by atoms with van der Waals surface area (Å²) in [5.74, 6) is 3.20. The summed E-state index contributed by atoms with van der Waals surface area (Å²) in [6, 6.07) is 10.9. The summed E-state index contributed by atoms with van der Waals surface area (Å²) in [5, 5.41) is 7.81. The third-order valence-electron chi connectivity index (χ3n) is 5.83. The maximum Gasteiger partial charge on any atom is 0.193 e. The molecular weight excluding hydrogens is 461 g/mol. The fourth-order valence-electron chi connectivity index (χ4n) is 4.29. The number of nitrogens with one attached hydrogen (secondary N) is 1. The molecule has 3 atom stereocenters. The average Bonchev–Trinajstić information content (AvgIpc) is 3.11. The van der Waals surface area contributed by atoms with Crippen molar-refractivity contribution in [3.63, 3.8) is 0 Å². The highest BCUT2D eigenvalue weighted by atomic mass is 127. The third-order valence-corrected chi connectivity index (χ3v) is 5.83. The summed E-state index contributed by atoms with van der Waals surface area (Å²) in [4.78, 5) is 7.44. The van der Waals surface area contributed by atoms with Gasteiger partial charge in [-0.05, 0) is 55.1 Å². The normalized spacial score (nSPS) is 24.1. The van der Waals surface area contributed by atoms with Crippen molar-refractivity contribution in [2.45, 2.75) is 32.1 Å². The van der Waals surface area contributed by atoms with Crippen LogP contribution in [-0.4, -0.2) is 46.8 Å². The van der Waals surface area contributed by atoms with E-state index in [1.807, 2.05) is 17.9 Å². The van der Waals surface area contributed by atoms with Crippen molar-refractivity contribution in [3.05, 3.63) is 53.9 Å². The Morgan fingerprint density at radius 1 is 1.29 bits per heavy atom. The Kier molecular flexibility index (Phi) is 7.37. The van der Waals surface area contributed by atoms with Gasteiger partial charge in [0.15, 0.2) is 5.96 Å². The van der Waals surface area contributed by atoms with Gasteiger partial charge in [-0.1, -0.05) is 30.3 Å². The Labute approximate surface area is 185 Å². The highest BCUT2D eigenvalue weighted by Crippen LogP contribution is 2.47. The van der Waals surface area contributed by atoms with Crippen molar-refractivity contribution in [3.8, 4) is 0 Å². The molecule has 1 aliphatic carbocycles. The Morgan fingerprint density at radius 3 is 2.82 bits per heavy atom. The highest BCUT2D eigenvalue weighted by Gasteiger charge is 2.38. The molecule has 28 heavy (non-hydrogen) atoms. The van der Waals surface area contributed by atoms with Gasteiger partial charge in [0, 0.05) is 39.4 Å². The van der Waals surface area contributed by atoms with Crippen LogP contribution in [0.1, 0.15) is 36.8 Å². The predicted octanol–water partition coefficient (Wildman–Crippen LogP) is 3.67. The molecule has 4 rings (SSSR count). The van der Waals surface area contributed by atoms with E-state index in [0.29, 0.717) is 17.8 Å². The zero-order valence-corrected chi connectivity index (χ0v) is 19.3. The monoisotopic (exact) mass is 493 g/mol. The SMILES string of the molecule is CCNC(=NCC1CC1c1ccccc1)N1CCC(Cc2cnn(C)c2)C1.I. The Bertz CT molecular complexity index is 772. The quantitative estimate of drug-likeness (QED) is 0.380. The number of aryl methyl sites for hydroxylation is 1. The first-order chi connectivity index (χ1) is 13.2. The topological polar surface area (TPSA) is 45.5 Å². The van der Waals surface area contributed by atoms with Gasteiger partial charge in [0.1, 0.15) is 0 Å². The number of halogens is 1. The Hall–Kier alpha value is -1.57. The molecule has 0 amide bonds. The summed E-state index contributed by atoms with van der Waals surface area (Å²) in [7, 11) is 1.99. The van der Waals surface area contributed by atoms with E-state index in [4.69, 9.17) is 4.99 Å². The van der Waals surface area contributed by atoms with Crippen LogP contribution in [0.4, 0.5) is 0 Å². The molecule has 0 spiro atoms. The number of aliphatic imine (C=N–C) groups is 1. The third kappa shape index (κ3) is 5.27. The summed E-state index contributed by atoms with van der Waals surface area (Å²) in [5.41, 5.74) is 2.82. The zero-order chi connectivity index (χ0) is 18.6. The lowest BCUT2D eigenvalue weighted by atomic mass is 10.0. The van der Waals surface area contributed by atoms with Gasteiger partial charge >= 0.3 is 0 Å². The van der Waals surface area contributed by atoms with E-state index in [-0.39, 0.29) is 24.0 Å². The van der Waals surface area contributed by atoms with Crippen LogP contribution in [0.15, 0.2) is 47.7 Å². The van der Waals surface area contributed by atoms with Crippen molar-refractivity contribution in [2.75, 3.05) is 26.2 Å². The van der Waals surface area contributed by atoms with Crippen LogP contribution in [0.3, 0.4) is 0 Å². The highest BCUT2D eigenvalue weighted by molar-refractivity contribution is 14.0. The van der Waals surface area contributed by atoms with Crippen molar-refractivity contribution in [2.24, 2.45) is 23.9 Å². The van der Waals surface area contributed by atoms with Crippen molar-refractivity contribution < 1.29 is 0 Å². The van der Waals surface area contributed by atoms with E-state index >= 15 is 0 Å². The van der Waals surface area contributed by atoms with Crippen molar-refractivity contribution in [1.82, 2.24) is 20.0 Å². The van der Waals surface area contributed by atoms with Crippen LogP contribution in [0, 0.1) is 11.8 Å². The number of hydrogen-bond acceptors (Lipinski definition) is 2. The molecule has 1 aliphatic heterocycles. The van der Waals surface area contributed by atoms with Gasteiger partial charge in [-0.15, -0.1) is 24.0 Å². The molecule has 2 aromatic rings. The first-order valence-corrected chi connectivity index (χ1v) is 10.3. The second-order valence-corrected chi connectivity index (χ2v) is 8.03. The standard InChI is InChI=1S/C22H31N5.HI/c1-3-23-22(24-14-20-12-21(20)19-7-5-4-6-8-19)27-10-9-17(16-27)11-18-13-25-26(2)15-18;/h4-8,13,15,17,20-21H,3,9-12,14,16H2,1-2H3,(H,23,24);1H. The number of hydrogen-bond donors (Lipinski definition) is 1. The molecule has 152 valence electrons. The van der Waals surface area contributed by atoms with Crippen LogP contribution in [0.25, 0.3) is 0 Å².